The molecule has 4 heteroatoms. The molecule has 0 bridgehead atoms. The summed E-state index contributed by atoms with van der Waals surface area (Å²) in [4.78, 5) is 2.26. The van der Waals surface area contributed by atoms with Crippen LogP contribution < -0.4 is 4.90 Å². The summed E-state index contributed by atoms with van der Waals surface area (Å²) in [7, 11) is 1.69. The highest BCUT2D eigenvalue weighted by Gasteiger charge is 2.33. The highest BCUT2D eigenvalue weighted by molar-refractivity contribution is 5.57. The number of nitrogens with zero attached hydrogens (tertiary/aromatic N) is 1. The Labute approximate surface area is 126 Å². The predicted molar refractivity (Wildman–Crippen MR) is 83.2 cm³/mol. The molecule has 0 heterocycles. The standard InChI is InChI=1S/C17H26FNO2/c1-11-9-17(15(13(3)20)10-16(11)18)19(7-8-21-4)12(2)14-5-6-14/h9-10,12-14,20H,5-8H2,1-4H3/t12?,13-/m1/s1. The second kappa shape index (κ2) is 6.75. The summed E-state index contributed by atoms with van der Waals surface area (Å²) in [6, 6.07) is 3.70. The van der Waals surface area contributed by atoms with Gasteiger partial charge in [-0.2, -0.15) is 0 Å². The number of anilines is 1. The molecule has 2 rings (SSSR count). The molecule has 1 aromatic rings. The lowest BCUT2D eigenvalue weighted by Crippen LogP contribution is -2.38. The van der Waals surface area contributed by atoms with E-state index in [1.54, 1.807) is 21.0 Å². The minimum atomic E-state index is -0.688. The lowest BCUT2D eigenvalue weighted by Gasteiger charge is -2.34. The summed E-state index contributed by atoms with van der Waals surface area (Å²) < 4.78 is 19.1. The van der Waals surface area contributed by atoms with E-state index in [0.29, 0.717) is 29.7 Å². The molecule has 1 N–H and O–H groups in total. The molecule has 1 aliphatic rings. The molecule has 0 radical (unpaired) electrons. The number of halogens is 1. The van der Waals surface area contributed by atoms with Crippen molar-refractivity contribution in [3.63, 3.8) is 0 Å². The maximum absolute atomic E-state index is 13.9. The second-order valence-corrected chi connectivity index (χ2v) is 6.10. The molecule has 1 aromatic carbocycles. The van der Waals surface area contributed by atoms with Crippen LogP contribution in [0.5, 0.6) is 0 Å². The van der Waals surface area contributed by atoms with Crippen LogP contribution in [0.2, 0.25) is 0 Å². The largest absolute Gasteiger partial charge is 0.389 e. The summed E-state index contributed by atoms with van der Waals surface area (Å²) in [5.41, 5.74) is 2.20. The smallest absolute Gasteiger partial charge is 0.126 e. The van der Waals surface area contributed by atoms with E-state index < -0.39 is 6.10 Å². The Morgan fingerprint density at radius 2 is 2.05 bits per heavy atom. The average Bonchev–Trinajstić information content (AvgIpc) is 3.26. The molecule has 0 amide bonds. The van der Waals surface area contributed by atoms with Gasteiger partial charge in [-0.25, -0.2) is 4.39 Å². The number of aliphatic hydroxyl groups excluding tert-OH is 1. The van der Waals surface area contributed by atoms with Gasteiger partial charge in [0, 0.05) is 30.9 Å². The molecular weight excluding hydrogens is 269 g/mol. The Hall–Kier alpha value is -1.13. The number of rotatable bonds is 7. The quantitative estimate of drug-likeness (QED) is 0.836. The Bertz CT molecular complexity index is 486. The van der Waals surface area contributed by atoms with Gasteiger partial charge in [-0.15, -0.1) is 0 Å². The third kappa shape index (κ3) is 3.74. The zero-order valence-electron chi connectivity index (χ0n) is 13.4. The molecular formula is C17H26FNO2. The van der Waals surface area contributed by atoms with E-state index in [-0.39, 0.29) is 5.82 Å². The van der Waals surface area contributed by atoms with Crippen LogP contribution in [0, 0.1) is 18.7 Å². The topological polar surface area (TPSA) is 32.7 Å². The fraction of sp³-hybridized carbons (Fsp3) is 0.647. The molecule has 0 saturated heterocycles. The second-order valence-electron chi connectivity index (χ2n) is 6.10. The van der Waals surface area contributed by atoms with Gasteiger partial charge in [-0.3, -0.25) is 0 Å². The van der Waals surface area contributed by atoms with Gasteiger partial charge in [0.05, 0.1) is 12.7 Å². The number of aliphatic hydroxyl groups is 1. The molecule has 0 aromatic heterocycles. The molecule has 1 fully saturated rings. The van der Waals surface area contributed by atoms with Gasteiger partial charge in [0.25, 0.3) is 0 Å². The van der Waals surface area contributed by atoms with E-state index in [0.717, 1.165) is 12.2 Å². The number of methoxy groups -OCH3 is 1. The van der Waals surface area contributed by atoms with Crippen molar-refractivity contribution in [2.45, 2.75) is 45.8 Å². The summed E-state index contributed by atoms with van der Waals surface area (Å²) in [5.74, 6) is 0.425. The molecule has 1 aliphatic carbocycles. The summed E-state index contributed by atoms with van der Waals surface area (Å²) >= 11 is 0. The fourth-order valence-corrected chi connectivity index (χ4v) is 2.83. The van der Waals surface area contributed by atoms with E-state index in [9.17, 15) is 9.50 Å². The van der Waals surface area contributed by atoms with Crippen LogP contribution in [-0.4, -0.2) is 31.4 Å². The number of ether oxygens (including phenoxy) is 1. The first kappa shape index (κ1) is 16.2. The first-order valence-electron chi connectivity index (χ1n) is 7.69. The van der Waals surface area contributed by atoms with E-state index in [2.05, 4.69) is 11.8 Å². The zero-order chi connectivity index (χ0) is 15.6. The van der Waals surface area contributed by atoms with Gasteiger partial charge in [0.1, 0.15) is 5.82 Å². The Morgan fingerprint density at radius 1 is 1.38 bits per heavy atom. The van der Waals surface area contributed by atoms with Gasteiger partial charge in [0.15, 0.2) is 0 Å². The molecule has 0 spiro atoms. The average molecular weight is 295 g/mol. The lowest BCUT2D eigenvalue weighted by molar-refractivity contribution is 0.195. The maximum Gasteiger partial charge on any atom is 0.126 e. The van der Waals surface area contributed by atoms with Gasteiger partial charge in [-0.05, 0) is 57.2 Å². The third-order valence-electron chi connectivity index (χ3n) is 4.40. The lowest BCUT2D eigenvalue weighted by atomic mass is 10.0. The van der Waals surface area contributed by atoms with Gasteiger partial charge < -0.3 is 14.7 Å². The first-order valence-corrected chi connectivity index (χ1v) is 7.69. The minimum absolute atomic E-state index is 0.264. The Kier molecular flexibility index (Phi) is 5.22. The highest BCUT2D eigenvalue weighted by Crippen LogP contribution is 2.39. The predicted octanol–water partition coefficient (Wildman–Crippen LogP) is 3.44. The Morgan fingerprint density at radius 3 is 2.57 bits per heavy atom. The van der Waals surface area contributed by atoms with Crippen LogP contribution in [0.15, 0.2) is 12.1 Å². The molecule has 118 valence electrons. The van der Waals surface area contributed by atoms with Crippen LogP contribution in [-0.2, 0) is 4.74 Å². The SMILES string of the molecule is COCCN(c1cc(C)c(F)cc1[C@@H](C)O)C(C)C1CC1. The molecule has 3 nitrogen and oxygen atoms in total. The first-order chi connectivity index (χ1) is 9.95. The van der Waals surface area contributed by atoms with Crippen LogP contribution in [0.1, 0.15) is 43.9 Å². The monoisotopic (exact) mass is 295 g/mol. The van der Waals surface area contributed by atoms with Crippen LogP contribution in [0.4, 0.5) is 10.1 Å². The Balaban J connectivity index is 2.39. The summed E-state index contributed by atoms with van der Waals surface area (Å²) in [6.07, 6.45) is 1.80. The third-order valence-corrected chi connectivity index (χ3v) is 4.40. The molecule has 1 unspecified atom stereocenters. The van der Waals surface area contributed by atoms with Crippen molar-refractivity contribution < 1.29 is 14.2 Å². The van der Waals surface area contributed by atoms with Crippen molar-refractivity contribution in [2.24, 2.45) is 5.92 Å². The van der Waals surface area contributed by atoms with Crippen LogP contribution >= 0.6 is 0 Å². The van der Waals surface area contributed by atoms with Crippen molar-refractivity contribution in [3.8, 4) is 0 Å². The fourth-order valence-electron chi connectivity index (χ4n) is 2.83. The summed E-state index contributed by atoms with van der Waals surface area (Å²) in [5, 5.41) is 10.0. The molecule has 21 heavy (non-hydrogen) atoms. The number of aryl methyl sites for hydroxylation is 1. The summed E-state index contributed by atoms with van der Waals surface area (Å²) in [6.45, 7) is 7.02. The normalized spacial score (nSPS) is 17.6. The zero-order valence-corrected chi connectivity index (χ0v) is 13.4. The number of hydrogen-bond acceptors (Lipinski definition) is 3. The van der Waals surface area contributed by atoms with Crippen molar-refractivity contribution in [1.82, 2.24) is 0 Å². The van der Waals surface area contributed by atoms with Gasteiger partial charge in [-0.1, -0.05) is 0 Å². The molecule has 2 atom stereocenters. The van der Waals surface area contributed by atoms with E-state index in [4.69, 9.17) is 4.74 Å². The van der Waals surface area contributed by atoms with Crippen molar-refractivity contribution in [2.75, 3.05) is 25.2 Å². The van der Waals surface area contributed by atoms with Gasteiger partial charge in [0.2, 0.25) is 0 Å². The number of hydrogen-bond donors (Lipinski definition) is 1. The maximum atomic E-state index is 13.9. The molecule has 0 aliphatic heterocycles. The van der Waals surface area contributed by atoms with Crippen molar-refractivity contribution in [1.29, 1.82) is 0 Å². The minimum Gasteiger partial charge on any atom is -0.389 e. The van der Waals surface area contributed by atoms with Crippen molar-refractivity contribution >= 4 is 5.69 Å². The van der Waals surface area contributed by atoms with E-state index in [1.165, 1.54) is 18.9 Å². The molecule has 1 saturated carbocycles. The van der Waals surface area contributed by atoms with E-state index >= 15 is 0 Å². The van der Waals surface area contributed by atoms with Gasteiger partial charge >= 0.3 is 0 Å². The van der Waals surface area contributed by atoms with Crippen molar-refractivity contribution in [3.05, 3.63) is 29.1 Å². The van der Waals surface area contributed by atoms with E-state index in [1.807, 2.05) is 6.07 Å². The number of benzene rings is 1. The van der Waals surface area contributed by atoms with Crippen LogP contribution in [0.3, 0.4) is 0 Å². The highest BCUT2D eigenvalue weighted by atomic mass is 19.1. The van der Waals surface area contributed by atoms with Crippen LogP contribution in [0.25, 0.3) is 0 Å².